The molecule has 2 rings (SSSR count). The largest absolute Gasteiger partial charge is 0.464 e. The van der Waals surface area contributed by atoms with Crippen LogP contribution in [-0.2, 0) is 6.54 Å². The monoisotopic (exact) mass is 241 g/mol. The minimum absolute atomic E-state index is 0.495. The number of nitriles is 1. The fraction of sp³-hybridized carbons (Fsp3) is 0.214. The summed E-state index contributed by atoms with van der Waals surface area (Å²) in [6, 6.07) is 11.4. The van der Waals surface area contributed by atoms with E-state index in [2.05, 4.69) is 6.07 Å². The normalized spacial score (nSPS) is 10.1. The number of benzene rings is 1. The molecule has 0 saturated heterocycles. The molecule has 0 radical (unpaired) electrons. The summed E-state index contributed by atoms with van der Waals surface area (Å²) in [6.07, 6.45) is 0. The Kier molecular flexibility index (Phi) is 3.24. The summed E-state index contributed by atoms with van der Waals surface area (Å²) >= 11 is 0. The van der Waals surface area contributed by atoms with Gasteiger partial charge in [-0.2, -0.15) is 5.26 Å². The van der Waals surface area contributed by atoms with E-state index in [1.165, 1.54) is 0 Å². The van der Waals surface area contributed by atoms with Crippen LogP contribution in [0.3, 0.4) is 0 Å². The molecule has 0 saturated carbocycles. The zero-order valence-electron chi connectivity index (χ0n) is 10.5. The number of furan rings is 1. The van der Waals surface area contributed by atoms with Crippen molar-refractivity contribution in [1.29, 1.82) is 5.26 Å². The van der Waals surface area contributed by atoms with Crippen LogP contribution in [0.2, 0.25) is 0 Å². The molecule has 92 valence electrons. The Labute approximate surface area is 106 Å². The first-order chi connectivity index (χ1) is 8.60. The maximum Gasteiger partial charge on any atom is 0.123 e. The Balaban J connectivity index is 2.19. The lowest BCUT2D eigenvalue weighted by Gasteiger charge is -2.18. The molecule has 2 aromatic rings. The molecule has 0 amide bonds. The Morgan fingerprint density at radius 1 is 1.33 bits per heavy atom. The van der Waals surface area contributed by atoms with Gasteiger partial charge in [0.05, 0.1) is 12.1 Å². The van der Waals surface area contributed by atoms with E-state index >= 15 is 0 Å². The van der Waals surface area contributed by atoms with Crippen LogP contribution in [0.1, 0.15) is 17.1 Å². The van der Waals surface area contributed by atoms with E-state index in [0.717, 1.165) is 17.2 Å². The van der Waals surface area contributed by atoms with Crippen LogP contribution in [0.15, 0.2) is 34.7 Å². The molecular weight excluding hydrogens is 226 g/mol. The second-order valence-corrected chi connectivity index (χ2v) is 4.25. The van der Waals surface area contributed by atoms with Crippen LogP contribution >= 0.6 is 0 Å². The highest BCUT2D eigenvalue weighted by Crippen LogP contribution is 2.21. The van der Waals surface area contributed by atoms with Crippen molar-refractivity contribution >= 4 is 11.4 Å². The van der Waals surface area contributed by atoms with E-state index in [0.29, 0.717) is 17.8 Å². The summed E-state index contributed by atoms with van der Waals surface area (Å²) in [6.45, 7) is 2.57. The number of hydrogen-bond donors (Lipinski definition) is 1. The molecule has 0 spiro atoms. The van der Waals surface area contributed by atoms with Crippen LogP contribution in [0.4, 0.5) is 11.4 Å². The molecule has 0 aliphatic carbocycles. The summed E-state index contributed by atoms with van der Waals surface area (Å²) < 4.78 is 5.52. The molecule has 0 atom stereocenters. The van der Waals surface area contributed by atoms with Crippen molar-refractivity contribution in [2.75, 3.05) is 17.7 Å². The van der Waals surface area contributed by atoms with Crippen molar-refractivity contribution in [3.05, 3.63) is 47.4 Å². The third kappa shape index (κ3) is 2.46. The van der Waals surface area contributed by atoms with Crippen molar-refractivity contribution in [3.63, 3.8) is 0 Å². The molecule has 0 aliphatic heterocycles. The molecule has 0 unspecified atom stereocenters. The summed E-state index contributed by atoms with van der Waals surface area (Å²) in [5, 5.41) is 8.95. The van der Waals surface area contributed by atoms with E-state index < -0.39 is 0 Å². The van der Waals surface area contributed by atoms with Crippen molar-refractivity contribution < 1.29 is 4.42 Å². The Hall–Kier alpha value is -2.41. The molecule has 2 N–H and O–H groups in total. The smallest absolute Gasteiger partial charge is 0.123 e. The average molecular weight is 241 g/mol. The van der Waals surface area contributed by atoms with E-state index in [4.69, 9.17) is 15.4 Å². The fourth-order valence-electron chi connectivity index (χ4n) is 1.77. The Morgan fingerprint density at radius 3 is 2.72 bits per heavy atom. The van der Waals surface area contributed by atoms with Crippen LogP contribution < -0.4 is 10.6 Å². The van der Waals surface area contributed by atoms with Crippen LogP contribution in [0, 0.1) is 18.3 Å². The summed E-state index contributed by atoms with van der Waals surface area (Å²) in [5.74, 6) is 1.79. The molecule has 0 bridgehead atoms. The van der Waals surface area contributed by atoms with Crippen molar-refractivity contribution in [1.82, 2.24) is 0 Å². The molecule has 4 nitrogen and oxygen atoms in total. The summed E-state index contributed by atoms with van der Waals surface area (Å²) in [7, 11) is 1.95. The molecular formula is C14H15N3O. The summed E-state index contributed by atoms with van der Waals surface area (Å²) in [5.41, 5.74) is 7.63. The third-order valence-electron chi connectivity index (χ3n) is 2.79. The van der Waals surface area contributed by atoms with Gasteiger partial charge in [-0.05, 0) is 37.3 Å². The van der Waals surface area contributed by atoms with Crippen LogP contribution in [0.25, 0.3) is 0 Å². The summed E-state index contributed by atoms with van der Waals surface area (Å²) in [4.78, 5) is 2.01. The highest BCUT2D eigenvalue weighted by Gasteiger charge is 2.07. The predicted molar refractivity (Wildman–Crippen MR) is 71.1 cm³/mol. The topological polar surface area (TPSA) is 66.2 Å². The minimum atomic E-state index is 0.495. The maximum atomic E-state index is 8.95. The number of anilines is 2. The first-order valence-electron chi connectivity index (χ1n) is 5.66. The van der Waals surface area contributed by atoms with Gasteiger partial charge >= 0.3 is 0 Å². The molecule has 0 fully saturated rings. The van der Waals surface area contributed by atoms with E-state index in [-0.39, 0.29) is 0 Å². The molecule has 1 aromatic heterocycles. The van der Waals surface area contributed by atoms with Gasteiger partial charge in [0.15, 0.2) is 0 Å². The van der Waals surface area contributed by atoms with Gasteiger partial charge < -0.3 is 15.1 Å². The van der Waals surface area contributed by atoms with Crippen LogP contribution in [0.5, 0.6) is 0 Å². The fourth-order valence-corrected chi connectivity index (χ4v) is 1.77. The van der Waals surface area contributed by atoms with Gasteiger partial charge in [-0.25, -0.2) is 0 Å². The molecule has 18 heavy (non-hydrogen) atoms. The Morgan fingerprint density at radius 2 is 2.11 bits per heavy atom. The number of nitrogen functional groups attached to an aromatic ring is 1. The number of nitrogens with two attached hydrogens (primary N) is 1. The standard InChI is InChI=1S/C14H15N3O/c1-10-3-5-13(18-10)9-17(2)12-4-6-14(16)11(7-12)8-15/h3-7H,9,16H2,1-2H3. The van der Waals surface area contributed by atoms with E-state index in [1.54, 1.807) is 12.1 Å². The third-order valence-corrected chi connectivity index (χ3v) is 2.79. The quantitative estimate of drug-likeness (QED) is 0.839. The zero-order valence-corrected chi connectivity index (χ0v) is 10.5. The molecule has 4 heteroatoms. The van der Waals surface area contributed by atoms with Gasteiger partial charge in [-0.3, -0.25) is 0 Å². The first-order valence-corrected chi connectivity index (χ1v) is 5.66. The van der Waals surface area contributed by atoms with Crippen molar-refractivity contribution in [2.45, 2.75) is 13.5 Å². The lowest BCUT2D eigenvalue weighted by Crippen LogP contribution is -2.16. The second kappa shape index (κ2) is 4.84. The lowest BCUT2D eigenvalue weighted by atomic mass is 10.1. The first kappa shape index (κ1) is 12.1. The Bertz CT molecular complexity index is 595. The number of nitrogens with zero attached hydrogens (tertiary/aromatic N) is 2. The zero-order chi connectivity index (χ0) is 13.1. The van der Waals surface area contributed by atoms with E-state index in [1.807, 2.05) is 37.1 Å². The molecule has 1 aromatic carbocycles. The number of aryl methyl sites for hydroxylation is 1. The lowest BCUT2D eigenvalue weighted by molar-refractivity contribution is 0.482. The van der Waals surface area contributed by atoms with Gasteiger partial charge in [0, 0.05) is 18.4 Å². The second-order valence-electron chi connectivity index (χ2n) is 4.25. The SMILES string of the molecule is Cc1ccc(CN(C)c2ccc(N)c(C#N)c2)o1. The van der Waals surface area contributed by atoms with Crippen molar-refractivity contribution in [2.24, 2.45) is 0 Å². The van der Waals surface area contributed by atoms with Crippen LogP contribution in [-0.4, -0.2) is 7.05 Å². The van der Waals surface area contributed by atoms with Gasteiger partial charge in [0.1, 0.15) is 17.6 Å². The average Bonchev–Trinajstić information content (AvgIpc) is 2.75. The predicted octanol–water partition coefficient (Wildman–Crippen LogP) is 2.68. The number of hydrogen-bond acceptors (Lipinski definition) is 4. The highest BCUT2D eigenvalue weighted by atomic mass is 16.3. The minimum Gasteiger partial charge on any atom is -0.464 e. The van der Waals surface area contributed by atoms with Gasteiger partial charge in [-0.15, -0.1) is 0 Å². The van der Waals surface area contributed by atoms with Crippen molar-refractivity contribution in [3.8, 4) is 6.07 Å². The molecule has 0 aliphatic rings. The maximum absolute atomic E-state index is 8.95. The van der Waals surface area contributed by atoms with E-state index in [9.17, 15) is 0 Å². The molecule has 1 heterocycles. The van der Waals surface area contributed by atoms with Gasteiger partial charge in [-0.1, -0.05) is 0 Å². The highest BCUT2D eigenvalue weighted by molar-refractivity contribution is 5.62. The van der Waals surface area contributed by atoms with Gasteiger partial charge in [0.25, 0.3) is 0 Å². The van der Waals surface area contributed by atoms with Gasteiger partial charge in [0.2, 0.25) is 0 Å². The number of rotatable bonds is 3.